The van der Waals surface area contributed by atoms with E-state index in [1.165, 1.54) is 13.3 Å². The van der Waals surface area contributed by atoms with Gasteiger partial charge in [0.05, 0.1) is 30.8 Å². The molecule has 0 spiro atoms. The molecule has 0 saturated heterocycles. The number of carbonyl (C=O) groups excluding carboxylic acids is 1. The lowest BCUT2D eigenvalue weighted by Gasteiger charge is -2.18. The van der Waals surface area contributed by atoms with Crippen LogP contribution in [-0.2, 0) is 18.3 Å². The fourth-order valence-electron chi connectivity index (χ4n) is 1.86. The van der Waals surface area contributed by atoms with Gasteiger partial charge in [-0.3, -0.25) is 4.68 Å². The van der Waals surface area contributed by atoms with Crippen LogP contribution in [-0.4, -0.2) is 34.9 Å². The van der Waals surface area contributed by atoms with Gasteiger partial charge in [-0.25, -0.2) is 9.78 Å². The number of esters is 1. The molecule has 106 valence electrons. The van der Waals surface area contributed by atoms with E-state index >= 15 is 0 Å². The van der Waals surface area contributed by atoms with E-state index in [2.05, 4.69) is 10.1 Å². The predicted octanol–water partition coefficient (Wildman–Crippen LogP) is 0.820. The van der Waals surface area contributed by atoms with E-state index in [1.807, 2.05) is 25.2 Å². The molecule has 0 fully saturated rings. The average Bonchev–Trinajstić information content (AvgIpc) is 2.83. The topological polar surface area (TPSA) is 86.3 Å². The number of nitrogens with two attached hydrogens (primary N) is 1. The number of aromatic nitrogens is 3. The highest BCUT2D eigenvalue weighted by atomic mass is 16.5. The Morgan fingerprint density at radius 2 is 2.25 bits per heavy atom. The molecule has 2 heterocycles. The van der Waals surface area contributed by atoms with Gasteiger partial charge in [-0.05, 0) is 6.07 Å². The molecular formula is C13H17N5O2. The Morgan fingerprint density at radius 3 is 2.85 bits per heavy atom. The molecule has 7 heteroatoms. The summed E-state index contributed by atoms with van der Waals surface area (Å²) in [6, 6.07) is 1.62. The molecule has 2 aromatic rings. The summed E-state index contributed by atoms with van der Waals surface area (Å²) in [5.74, 6) is 0.171. The molecule has 0 aliphatic heterocycles. The Balaban J connectivity index is 2.21. The first-order chi connectivity index (χ1) is 9.51. The first-order valence-electron chi connectivity index (χ1n) is 6.03. The van der Waals surface area contributed by atoms with Gasteiger partial charge in [-0.1, -0.05) is 0 Å². The van der Waals surface area contributed by atoms with Crippen molar-refractivity contribution in [3.63, 3.8) is 0 Å². The van der Waals surface area contributed by atoms with Crippen molar-refractivity contribution >= 4 is 17.5 Å². The number of hydrogen-bond acceptors (Lipinski definition) is 6. The van der Waals surface area contributed by atoms with Gasteiger partial charge < -0.3 is 15.4 Å². The summed E-state index contributed by atoms with van der Waals surface area (Å²) in [5.41, 5.74) is 7.39. The molecule has 0 radical (unpaired) electrons. The smallest absolute Gasteiger partial charge is 0.340 e. The van der Waals surface area contributed by atoms with E-state index in [1.54, 1.807) is 16.9 Å². The summed E-state index contributed by atoms with van der Waals surface area (Å²) < 4.78 is 6.43. The second-order valence-corrected chi connectivity index (χ2v) is 4.50. The van der Waals surface area contributed by atoms with Crippen molar-refractivity contribution in [1.29, 1.82) is 0 Å². The maximum Gasteiger partial charge on any atom is 0.340 e. The second kappa shape index (κ2) is 5.60. The van der Waals surface area contributed by atoms with Crippen molar-refractivity contribution in [2.45, 2.75) is 6.54 Å². The van der Waals surface area contributed by atoms with Crippen LogP contribution >= 0.6 is 0 Å². The zero-order valence-corrected chi connectivity index (χ0v) is 11.7. The highest BCUT2D eigenvalue weighted by molar-refractivity contribution is 5.95. The van der Waals surface area contributed by atoms with Crippen molar-refractivity contribution in [3.8, 4) is 0 Å². The molecule has 0 atom stereocenters. The number of nitrogen functional groups attached to an aromatic ring is 1. The summed E-state index contributed by atoms with van der Waals surface area (Å²) in [4.78, 5) is 17.7. The van der Waals surface area contributed by atoms with Crippen molar-refractivity contribution in [2.75, 3.05) is 24.8 Å². The van der Waals surface area contributed by atoms with Crippen LogP contribution in [0.3, 0.4) is 0 Å². The van der Waals surface area contributed by atoms with Gasteiger partial charge in [-0.2, -0.15) is 5.10 Å². The van der Waals surface area contributed by atoms with E-state index in [-0.39, 0.29) is 0 Å². The minimum absolute atomic E-state index is 0.301. The van der Waals surface area contributed by atoms with Crippen LogP contribution in [0, 0.1) is 0 Å². The van der Waals surface area contributed by atoms with Crippen molar-refractivity contribution in [3.05, 3.63) is 35.8 Å². The zero-order chi connectivity index (χ0) is 14.7. The van der Waals surface area contributed by atoms with Crippen molar-refractivity contribution in [2.24, 2.45) is 7.05 Å². The number of carbonyl (C=O) groups is 1. The molecule has 0 aromatic carbocycles. The summed E-state index contributed by atoms with van der Waals surface area (Å²) in [5, 5.41) is 4.11. The molecule has 2 aromatic heterocycles. The standard InChI is InChI=1S/C13H17N5O2/c1-17(7-9-5-16-18(2)8-9)12-4-10(13(19)20-3)11(14)6-15-12/h4-6,8H,7,14H2,1-3H3. The number of anilines is 2. The predicted molar refractivity (Wildman–Crippen MR) is 75.3 cm³/mol. The third kappa shape index (κ3) is 2.87. The quantitative estimate of drug-likeness (QED) is 0.831. The van der Waals surface area contributed by atoms with Crippen LogP contribution in [0.4, 0.5) is 11.5 Å². The van der Waals surface area contributed by atoms with Gasteiger partial charge in [0.2, 0.25) is 0 Å². The Labute approximate surface area is 117 Å². The lowest BCUT2D eigenvalue weighted by molar-refractivity contribution is 0.0602. The number of aryl methyl sites for hydroxylation is 1. The Hall–Kier alpha value is -2.57. The average molecular weight is 275 g/mol. The molecule has 0 aliphatic carbocycles. The molecule has 0 bridgehead atoms. The lowest BCUT2D eigenvalue weighted by atomic mass is 10.2. The van der Waals surface area contributed by atoms with Gasteiger partial charge in [0.25, 0.3) is 0 Å². The summed E-state index contributed by atoms with van der Waals surface area (Å²) in [7, 11) is 5.06. The molecule has 2 N–H and O–H groups in total. The van der Waals surface area contributed by atoms with Gasteiger partial charge in [-0.15, -0.1) is 0 Å². The van der Waals surface area contributed by atoms with Gasteiger partial charge in [0.15, 0.2) is 0 Å². The Morgan fingerprint density at radius 1 is 1.50 bits per heavy atom. The van der Waals surface area contributed by atoms with Crippen LogP contribution in [0.25, 0.3) is 0 Å². The van der Waals surface area contributed by atoms with Crippen molar-refractivity contribution in [1.82, 2.24) is 14.8 Å². The molecule has 0 saturated carbocycles. The summed E-state index contributed by atoms with van der Waals surface area (Å²) in [6.07, 6.45) is 5.17. The molecule has 20 heavy (non-hydrogen) atoms. The third-order valence-electron chi connectivity index (χ3n) is 2.89. The van der Waals surface area contributed by atoms with Crippen LogP contribution in [0.2, 0.25) is 0 Å². The monoisotopic (exact) mass is 275 g/mol. The maximum absolute atomic E-state index is 11.6. The van der Waals surface area contributed by atoms with Crippen LogP contribution in [0.1, 0.15) is 15.9 Å². The summed E-state index contributed by atoms with van der Waals surface area (Å²) in [6.45, 7) is 0.630. The fourth-order valence-corrected chi connectivity index (χ4v) is 1.86. The Bertz CT molecular complexity index is 623. The molecule has 0 amide bonds. The third-order valence-corrected chi connectivity index (χ3v) is 2.89. The number of ether oxygens (including phenoxy) is 1. The maximum atomic E-state index is 11.6. The molecule has 0 unspecified atom stereocenters. The van der Waals surface area contributed by atoms with E-state index in [0.29, 0.717) is 23.6 Å². The SMILES string of the molecule is COC(=O)c1cc(N(C)Cc2cnn(C)c2)ncc1N. The van der Waals surface area contributed by atoms with E-state index < -0.39 is 5.97 Å². The highest BCUT2D eigenvalue weighted by Gasteiger charge is 2.14. The number of rotatable bonds is 4. The fraction of sp³-hybridized carbons (Fsp3) is 0.308. The number of methoxy groups -OCH3 is 1. The van der Waals surface area contributed by atoms with Crippen LogP contribution < -0.4 is 10.6 Å². The zero-order valence-electron chi connectivity index (χ0n) is 11.7. The van der Waals surface area contributed by atoms with Crippen LogP contribution in [0.5, 0.6) is 0 Å². The van der Waals surface area contributed by atoms with Gasteiger partial charge in [0.1, 0.15) is 5.82 Å². The molecule has 2 rings (SSSR count). The summed E-state index contributed by atoms with van der Waals surface area (Å²) >= 11 is 0. The van der Waals surface area contributed by atoms with E-state index in [9.17, 15) is 4.79 Å². The number of nitrogens with zero attached hydrogens (tertiary/aromatic N) is 4. The Kier molecular flexibility index (Phi) is 3.88. The highest BCUT2D eigenvalue weighted by Crippen LogP contribution is 2.19. The minimum Gasteiger partial charge on any atom is -0.465 e. The van der Waals surface area contributed by atoms with Crippen molar-refractivity contribution < 1.29 is 9.53 Å². The largest absolute Gasteiger partial charge is 0.465 e. The first kappa shape index (κ1) is 13.9. The van der Waals surface area contributed by atoms with Crippen LogP contribution in [0.15, 0.2) is 24.7 Å². The molecule has 0 aliphatic rings. The first-order valence-corrected chi connectivity index (χ1v) is 6.03. The second-order valence-electron chi connectivity index (χ2n) is 4.50. The van der Waals surface area contributed by atoms with E-state index in [4.69, 9.17) is 10.5 Å². The number of pyridine rings is 1. The van der Waals surface area contributed by atoms with Gasteiger partial charge in [0, 0.05) is 32.4 Å². The minimum atomic E-state index is -0.471. The normalized spacial score (nSPS) is 10.3. The molecule has 7 nitrogen and oxygen atoms in total. The van der Waals surface area contributed by atoms with E-state index in [0.717, 1.165) is 5.56 Å². The lowest BCUT2D eigenvalue weighted by Crippen LogP contribution is -2.18. The molecular weight excluding hydrogens is 258 g/mol. The van der Waals surface area contributed by atoms with Gasteiger partial charge >= 0.3 is 5.97 Å². The number of hydrogen-bond donors (Lipinski definition) is 1.